The van der Waals surface area contributed by atoms with Crippen molar-refractivity contribution in [3.05, 3.63) is 132 Å². The van der Waals surface area contributed by atoms with Crippen LogP contribution in [-0.4, -0.2) is 37.0 Å². The molecule has 1 fully saturated rings. The van der Waals surface area contributed by atoms with E-state index < -0.39 is 0 Å². The molecular weight excluding hydrogens is 536 g/mol. The predicted molar refractivity (Wildman–Crippen MR) is 178 cm³/mol. The van der Waals surface area contributed by atoms with Gasteiger partial charge < -0.3 is 19.3 Å². The Morgan fingerprint density at radius 1 is 0.860 bits per heavy atom. The van der Waals surface area contributed by atoms with Crippen LogP contribution in [0.5, 0.6) is 5.75 Å². The Hall–Kier alpha value is -4.35. The Kier molecular flexibility index (Phi) is 17.3. The Morgan fingerprint density at radius 3 is 2.02 bits per heavy atom. The summed E-state index contributed by atoms with van der Waals surface area (Å²) in [5.74, 6) is 0.886. The maximum atomic E-state index is 11.1. The predicted octanol–water partition coefficient (Wildman–Crippen LogP) is 9.27. The molecule has 5 heteroatoms. The number of rotatable bonds is 11. The van der Waals surface area contributed by atoms with Crippen LogP contribution in [0, 0.1) is 0 Å². The molecule has 0 atom stereocenters. The van der Waals surface area contributed by atoms with Gasteiger partial charge in [0, 0.05) is 12.2 Å². The normalized spacial score (nSPS) is 13.1. The highest BCUT2D eigenvalue weighted by atomic mass is 16.5. The number of aromatic hydroxyl groups is 1. The molecule has 4 rings (SSSR count). The molecular formula is C38H46O5. The van der Waals surface area contributed by atoms with Crippen LogP contribution in [0.15, 0.2) is 115 Å². The van der Waals surface area contributed by atoms with Crippen LogP contribution >= 0.6 is 0 Å². The molecule has 0 unspecified atom stereocenters. The van der Waals surface area contributed by atoms with E-state index in [-0.39, 0.29) is 12.1 Å². The minimum Gasteiger partial charge on any atom is -0.508 e. The third-order valence-electron chi connectivity index (χ3n) is 6.35. The first-order valence-corrected chi connectivity index (χ1v) is 14.9. The van der Waals surface area contributed by atoms with Crippen molar-refractivity contribution in [2.75, 3.05) is 19.8 Å². The van der Waals surface area contributed by atoms with Crippen LogP contribution in [0.4, 0.5) is 0 Å². The van der Waals surface area contributed by atoms with Gasteiger partial charge >= 0.3 is 5.97 Å². The van der Waals surface area contributed by atoms with E-state index in [0.29, 0.717) is 31.1 Å². The zero-order valence-electron chi connectivity index (χ0n) is 25.6. The standard InChI is InChI=1S/C20H22O2.C10H16O2.C8H8O/c1-2-21-15-16-22-20(17-19-11-7-4-8-12-19)14-13-18-9-5-3-6-10-18;1-8(2)10(11)12-9-6-4-3-5-7-9;1-2-7-3-5-8(9)6-4-7/h3-14,17H,2,15-16H2,1H3;9H,1,3-7H2,2H3;2-6,9H,1H2. The van der Waals surface area contributed by atoms with Gasteiger partial charge in [-0.15, -0.1) is 0 Å². The van der Waals surface area contributed by atoms with Crippen molar-refractivity contribution in [3.8, 4) is 5.75 Å². The Balaban J connectivity index is 0.000000256. The largest absolute Gasteiger partial charge is 0.508 e. The van der Waals surface area contributed by atoms with Crippen molar-refractivity contribution in [2.24, 2.45) is 0 Å². The molecule has 5 nitrogen and oxygen atoms in total. The third kappa shape index (κ3) is 16.0. The van der Waals surface area contributed by atoms with Gasteiger partial charge in [0.05, 0.1) is 6.61 Å². The number of allylic oxidation sites excluding steroid dienone is 1. The Bertz CT molecular complexity index is 1250. The van der Waals surface area contributed by atoms with Crippen molar-refractivity contribution in [1.29, 1.82) is 0 Å². The zero-order chi connectivity index (χ0) is 31.1. The van der Waals surface area contributed by atoms with Gasteiger partial charge in [0.15, 0.2) is 0 Å². The first-order chi connectivity index (χ1) is 20.9. The lowest BCUT2D eigenvalue weighted by Crippen LogP contribution is -2.20. The number of hydrogen-bond acceptors (Lipinski definition) is 5. The molecule has 1 saturated carbocycles. The summed E-state index contributed by atoms with van der Waals surface area (Å²) in [6.07, 6.45) is 13.7. The second-order valence-corrected chi connectivity index (χ2v) is 9.99. The van der Waals surface area contributed by atoms with Crippen molar-refractivity contribution in [2.45, 2.75) is 52.1 Å². The van der Waals surface area contributed by atoms with Crippen LogP contribution in [0.1, 0.15) is 62.6 Å². The van der Waals surface area contributed by atoms with Gasteiger partial charge in [-0.3, -0.25) is 0 Å². The van der Waals surface area contributed by atoms with Crippen LogP contribution < -0.4 is 0 Å². The first-order valence-electron chi connectivity index (χ1n) is 14.9. The summed E-state index contributed by atoms with van der Waals surface area (Å²) in [5, 5.41) is 8.82. The number of benzene rings is 3. The van der Waals surface area contributed by atoms with Gasteiger partial charge in [0.2, 0.25) is 0 Å². The summed E-state index contributed by atoms with van der Waals surface area (Å²) in [4.78, 5) is 11.1. The summed E-state index contributed by atoms with van der Waals surface area (Å²) in [6, 6.07) is 27.2. The highest BCUT2D eigenvalue weighted by Gasteiger charge is 2.17. The topological polar surface area (TPSA) is 65.0 Å². The van der Waals surface area contributed by atoms with Crippen LogP contribution in [0.2, 0.25) is 0 Å². The molecule has 0 heterocycles. The van der Waals surface area contributed by atoms with E-state index in [0.717, 1.165) is 35.3 Å². The van der Waals surface area contributed by atoms with Gasteiger partial charge in [-0.1, -0.05) is 105 Å². The molecule has 1 aliphatic rings. The van der Waals surface area contributed by atoms with Crippen molar-refractivity contribution < 1.29 is 24.1 Å². The molecule has 0 spiro atoms. The van der Waals surface area contributed by atoms with Gasteiger partial charge in [-0.25, -0.2) is 4.79 Å². The first kappa shape index (κ1) is 34.8. The SMILES string of the molecule is C=C(C)C(=O)OC1CCCCC1.C=Cc1ccc(O)cc1.CCOCCOC(C=Cc1ccccc1)=Cc1ccccc1. The molecule has 0 amide bonds. The molecule has 1 aliphatic carbocycles. The molecule has 0 radical (unpaired) electrons. The molecule has 3 aromatic rings. The van der Waals surface area contributed by atoms with Gasteiger partial charge in [0.1, 0.15) is 24.2 Å². The fourth-order valence-electron chi connectivity index (χ4n) is 4.00. The molecule has 0 aromatic heterocycles. The van der Waals surface area contributed by atoms with Gasteiger partial charge in [-0.05, 0) is 80.5 Å². The van der Waals surface area contributed by atoms with E-state index in [1.54, 1.807) is 25.1 Å². The Morgan fingerprint density at radius 2 is 1.47 bits per heavy atom. The van der Waals surface area contributed by atoms with Crippen molar-refractivity contribution >= 4 is 24.2 Å². The minimum absolute atomic E-state index is 0.156. The number of ether oxygens (including phenoxy) is 3. The van der Waals surface area contributed by atoms with E-state index in [4.69, 9.17) is 19.3 Å². The number of carbonyl (C=O) groups excluding carboxylic acids is 1. The quantitative estimate of drug-likeness (QED) is 0.0802. The number of esters is 1. The summed E-state index contributed by atoms with van der Waals surface area (Å²) < 4.78 is 16.4. The number of carbonyl (C=O) groups is 1. The van der Waals surface area contributed by atoms with E-state index in [9.17, 15) is 4.79 Å². The number of phenolic OH excluding ortho intramolecular Hbond substituents is 1. The van der Waals surface area contributed by atoms with Crippen molar-refractivity contribution in [3.63, 3.8) is 0 Å². The fraction of sp³-hybridized carbons (Fsp3) is 0.289. The van der Waals surface area contributed by atoms with E-state index >= 15 is 0 Å². The van der Waals surface area contributed by atoms with E-state index in [1.165, 1.54) is 19.3 Å². The molecule has 3 aromatic carbocycles. The molecule has 228 valence electrons. The lowest BCUT2D eigenvalue weighted by Gasteiger charge is -2.21. The number of hydrogen-bond donors (Lipinski definition) is 1. The number of phenols is 1. The maximum Gasteiger partial charge on any atom is 0.333 e. The minimum atomic E-state index is -0.234. The third-order valence-corrected chi connectivity index (χ3v) is 6.35. The second kappa shape index (κ2) is 21.4. The van der Waals surface area contributed by atoms with Gasteiger partial charge in [-0.2, -0.15) is 0 Å². The molecule has 43 heavy (non-hydrogen) atoms. The Labute approximate surface area is 257 Å². The lowest BCUT2D eigenvalue weighted by atomic mass is 9.98. The highest BCUT2D eigenvalue weighted by molar-refractivity contribution is 5.87. The van der Waals surface area contributed by atoms with Crippen LogP contribution in [0.3, 0.4) is 0 Å². The van der Waals surface area contributed by atoms with Crippen molar-refractivity contribution in [1.82, 2.24) is 0 Å². The molecule has 1 N–H and O–H groups in total. The smallest absolute Gasteiger partial charge is 0.333 e. The van der Waals surface area contributed by atoms with E-state index in [2.05, 4.69) is 43.5 Å². The van der Waals surface area contributed by atoms with E-state index in [1.807, 2.05) is 67.6 Å². The average Bonchev–Trinajstić information content (AvgIpc) is 3.04. The monoisotopic (exact) mass is 582 g/mol. The fourth-order valence-corrected chi connectivity index (χ4v) is 4.00. The lowest BCUT2D eigenvalue weighted by molar-refractivity contribution is -0.145. The summed E-state index contributed by atoms with van der Waals surface area (Å²) >= 11 is 0. The van der Waals surface area contributed by atoms with Crippen LogP contribution in [-0.2, 0) is 19.0 Å². The molecule has 0 bridgehead atoms. The highest BCUT2D eigenvalue weighted by Crippen LogP contribution is 2.21. The summed E-state index contributed by atoms with van der Waals surface area (Å²) in [5.41, 5.74) is 3.79. The molecule has 0 aliphatic heterocycles. The maximum absolute atomic E-state index is 11.1. The van der Waals surface area contributed by atoms with Gasteiger partial charge in [0.25, 0.3) is 0 Å². The van der Waals surface area contributed by atoms with Crippen LogP contribution in [0.25, 0.3) is 18.2 Å². The summed E-state index contributed by atoms with van der Waals surface area (Å²) in [6.45, 7) is 12.6. The molecule has 0 saturated heterocycles. The second-order valence-electron chi connectivity index (χ2n) is 9.99. The summed E-state index contributed by atoms with van der Waals surface area (Å²) in [7, 11) is 0. The average molecular weight is 583 g/mol. The zero-order valence-corrected chi connectivity index (χ0v) is 25.6.